The molecule has 3 heteroatoms. The molecule has 80 valence electrons. The average molecular weight is 315 g/mol. The molecule has 0 aromatic heterocycles. The Labute approximate surface area is 99.1 Å². The van der Waals surface area contributed by atoms with Crippen molar-refractivity contribution < 1.29 is 0 Å². The lowest BCUT2D eigenvalue weighted by molar-refractivity contribution is 0.438. The largest absolute Gasteiger partial charge is 0.330 e. The van der Waals surface area contributed by atoms with E-state index in [1.165, 1.54) is 38.5 Å². The van der Waals surface area contributed by atoms with E-state index in [2.05, 4.69) is 31.9 Å². The van der Waals surface area contributed by atoms with Crippen molar-refractivity contribution in [3.63, 3.8) is 0 Å². The van der Waals surface area contributed by atoms with E-state index >= 15 is 0 Å². The summed E-state index contributed by atoms with van der Waals surface area (Å²) < 4.78 is 0. The van der Waals surface area contributed by atoms with Crippen molar-refractivity contribution in [3.8, 4) is 0 Å². The Kier molecular flexibility index (Phi) is 11.8. The van der Waals surface area contributed by atoms with E-state index in [0.717, 1.165) is 23.1 Å². The van der Waals surface area contributed by atoms with E-state index in [-0.39, 0.29) is 0 Å². The predicted molar refractivity (Wildman–Crippen MR) is 67.8 cm³/mol. The zero-order valence-electron chi connectivity index (χ0n) is 8.27. The molecule has 0 heterocycles. The van der Waals surface area contributed by atoms with Gasteiger partial charge in [-0.2, -0.15) is 0 Å². The Balaban J connectivity index is 3.33. The summed E-state index contributed by atoms with van der Waals surface area (Å²) >= 11 is 7.01. The first kappa shape index (κ1) is 13.9. The summed E-state index contributed by atoms with van der Waals surface area (Å²) in [7, 11) is 0. The summed E-state index contributed by atoms with van der Waals surface area (Å²) in [6.45, 7) is 0.849. The number of halogens is 2. The Hall–Kier alpha value is 0.920. The molecule has 0 aromatic carbocycles. The summed E-state index contributed by atoms with van der Waals surface area (Å²) in [4.78, 5) is 0. The van der Waals surface area contributed by atoms with Crippen molar-refractivity contribution in [3.05, 3.63) is 0 Å². The van der Waals surface area contributed by atoms with Crippen LogP contribution in [0.4, 0.5) is 0 Å². The van der Waals surface area contributed by atoms with Crippen molar-refractivity contribution in [2.75, 3.05) is 17.2 Å². The molecule has 0 radical (unpaired) electrons. The average Bonchev–Trinajstić information content (AvgIpc) is 2.13. The third-order valence-electron chi connectivity index (χ3n) is 2.35. The van der Waals surface area contributed by atoms with Gasteiger partial charge in [-0.25, -0.2) is 0 Å². The molecule has 2 N–H and O–H groups in total. The molecule has 0 aliphatic carbocycles. The molecule has 0 unspecified atom stereocenters. The number of alkyl halides is 2. The van der Waals surface area contributed by atoms with Crippen molar-refractivity contribution >= 4 is 31.9 Å². The van der Waals surface area contributed by atoms with Crippen molar-refractivity contribution in [1.82, 2.24) is 0 Å². The standard InChI is InChI=1S/C10H21Br2N/c11-7-5-10(6-8-12)4-2-1-3-9-13/h10H,1-9,13H2. The van der Waals surface area contributed by atoms with Gasteiger partial charge in [0.25, 0.3) is 0 Å². The second-order valence-corrected chi connectivity index (χ2v) is 5.05. The van der Waals surface area contributed by atoms with Crippen LogP contribution >= 0.6 is 31.9 Å². The number of hydrogen-bond acceptors (Lipinski definition) is 1. The van der Waals surface area contributed by atoms with Crippen LogP contribution in [0.5, 0.6) is 0 Å². The molecule has 0 bridgehead atoms. The Morgan fingerprint density at radius 2 is 1.46 bits per heavy atom. The second kappa shape index (κ2) is 11.0. The predicted octanol–water partition coefficient (Wildman–Crippen LogP) is 3.69. The molecule has 0 saturated heterocycles. The highest BCUT2D eigenvalue weighted by Crippen LogP contribution is 2.19. The summed E-state index contributed by atoms with van der Waals surface area (Å²) in [5.74, 6) is 0.900. The number of nitrogens with two attached hydrogens (primary N) is 1. The maximum Gasteiger partial charge on any atom is 0.00339 e. The molecule has 0 aliphatic rings. The van der Waals surface area contributed by atoms with E-state index in [1.807, 2.05) is 0 Å². The highest BCUT2D eigenvalue weighted by molar-refractivity contribution is 9.09. The van der Waals surface area contributed by atoms with Gasteiger partial charge in [-0.1, -0.05) is 51.1 Å². The van der Waals surface area contributed by atoms with Gasteiger partial charge in [0, 0.05) is 10.7 Å². The van der Waals surface area contributed by atoms with Crippen LogP contribution in [0.25, 0.3) is 0 Å². The first-order chi connectivity index (χ1) is 6.35. The molecule has 1 nitrogen and oxygen atoms in total. The van der Waals surface area contributed by atoms with Crippen LogP contribution in [-0.4, -0.2) is 17.2 Å². The quantitative estimate of drug-likeness (QED) is 0.510. The normalized spacial score (nSPS) is 11.1. The van der Waals surface area contributed by atoms with Gasteiger partial charge in [0.05, 0.1) is 0 Å². The van der Waals surface area contributed by atoms with Gasteiger partial charge in [-0.15, -0.1) is 0 Å². The summed E-state index contributed by atoms with van der Waals surface area (Å²) in [5.41, 5.74) is 5.45. The van der Waals surface area contributed by atoms with Gasteiger partial charge in [-0.05, 0) is 31.7 Å². The molecule has 0 rings (SSSR count). The Morgan fingerprint density at radius 3 is 1.92 bits per heavy atom. The van der Waals surface area contributed by atoms with Gasteiger partial charge >= 0.3 is 0 Å². The molecule has 13 heavy (non-hydrogen) atoms. The van der Waals surface area contributed by atoms with E-state index in [9.17, 15) is 0 Å². The molecular weight excluding hydrogens is 294 g/mol. The minimum absolute atomic E-state index is 0.849. The molecule has 0 spiro atoms. The SMILES string of the molecule is NCCCCCC(CCBr)CCBr. The fraction of sp³-hybridized carbons (Fsp3) is 1.00. The molecule has 0 amide bonds. The highest BCUT2D eigenvalue weighted by Gasteiger charge is 2.06. The minimum Gasteiger partial charge on any atom is -0.330 e. The molecule has 0 saturated carbocycles. The maximum absolute atomic E-state index is 5.45. The smallest absolute Gasteiger partial charge is 0.00339 e. The Morgan fingerprint density at radius 1 is 0.846 bits per heavy atom. The van der Waals surface area contributed by atoms with Crippen LogP contribution in [0.15, 0.2) is 0 Å². The number of rotatable bonds is 9. The van der Waals surface area contributed by atoms with Gasteiger partial charge in [0.1, 0.15) is 0 Å². The third-order valence-corrected chi connectivity index (χ3v) is 3.27. The first-order valence-electron chi connectivity index (χ1n) is 5.17. The van der Waals surface area contributed by atoms with E-state index in [4.69, 9.17) is 5.73 Å². The van der Waals surface area contributed by atoms with Gasteiger partial charge in [-0.3, -0.25) is 0 Å². The number of hydrogen-bond donors (Lipinski definition) is 1. The topological polar surface area (TPSA) is 26.0 Å². The van der Waals surface area contributed by atoms with Crippen molar-refractivity contribution in [1.29, 1.82) is 0 Å². The van der Waals surface area contributed by atoms with Crippen molar-refractivity contribution in [2.45, 2.75) is 38.5 Å². The van der Waals surface area contributed by atoms with Crippen LogP contribution in [0.2, 0.25) is 0 Å². The molecule has 0 aromatic rings. The highest BCUT2D eigenvalue weighted by atomic mass is 79.9. The maximum atomic E-state index is 5.45. The van der Waals surface area contributed by atoms with Crippen molar-refractivity contribution in [2.24, 2.45) is 11.7 Å². The molecule has 0 aliphatic heterocycles. The lowest BCUT2D eigenvalue weighted by Crippen LogP contribution is -2.03. The van der Waals surface area contributed by atoms with Crippen LogP contribution in [-0.2, 0) is 0 Å². The number of unbranched alkanes of at least 4 members (excludes halogenated alkanes) is 2. The lowest BCUT2D eigenvalue weighted by Gasteiger charge is -2.13. The molecule has 0 atom stereocenters. The Bertz CT molecular complexity index is 92.9. The lowest BCUT2D eigenvalue weighted by atomic mass is 9.96. The van der Waals surface area contributed by atoms with Crippen LogP contribution in [0, 0.1) is 5.92 Å². The fourth-order valence-corrected chi connectivity index (χ4v) is 2.79. The zero-order valence-corrected chi connectivity index (χ0v) is 11.4. The third kappa shape index (κ3) is 9.23. The van der Waals surface area contributed by atoms with Gasteiger partial charge in [0.2, 0.25) is 0 Å². The second-order valence-electron chi connectivity index (χ2n) is 3.46. The minimum atomic E-state index is 0.849. The molecular formula is C10H21Br2N. The summed E-state index contributed by atoms with van der Waals surface area (Å²) in [5, 5.41) is 2.28. The first-order valence-corrected chi connectivity index (χ1v) is 7.41. The van der Waals surface area contributed by atoms with E-state index in [1.54, 1.807) is 0 Å². The van der Waals surface area contributed by atoms with E-state index < -0.39 is 0 Å². The van der Waals surface area contributed by atoms with E-state index in [0.29, 0.717) is 0 Å². The van der Waals surface area contributed by atoms with Crippen LogP contribution < -0.4 is 5.73 Å². The van der Waals surface area contributed by atoms with Crippen LogP contribution in [0.3, 0.4) is 0 Å². The summed E-state index contributed by atoms with van der Waals surface area (Å²) in [6.07, 6.45) is 7.84. The van der Waals surface area contributed by atoms with Crippen LogP contribution in [0.1, 0.15) is 38.5 Å². The molecule has 0 fully saturated rings. The van der Waals surface area contributed by atoms with Gasteiger partial charge < -0.3 is 5.73 Å². The summed E-state index contributed by atoms with van der Waals surface area (Å²) in [6, 6.07) is 0. The fourth-order valence-electron chi connectivity index (χ4n) is 1.50. The monoisotopic (exact) mass is 313 g/mol. The zero-order chi connectivity index (χ0) is 9.94. The van der Waals surface area contributed by atoms with Gasteiger partial charge in [0.15, 0.2) is 0 Å².